The largest absolute Gasteiger partial charge is 0.348 e. The smallest absolute Gasteiger partial charge is 0.253 e. The van der Waals surface area contributed by atoms with Crippen LogP contribution in [0.15, 0.2) is 61.3 Å². The molecule has 1 N–H and O–H groups in total. The van der Waals surface area contributed by atoms with Gasteiger partial charge in [0.05, 0.1) is 23.3 Å². The van der Waals surface area contributed by atoms with Gasteiger partial charge in [0, 0.05) is 31.7 Å². The number of rotatable bonds is 6. The van der Waals surface area contributed by atoms with Gasteiger partial charge in [-0.1, -0.05) is 12.1 Å². The molecule has 1 amide bonds. The van der Waals surface area contributed by atoms with E-state index >= 15 is 0 Å². The molecular formula is C19H21N5O. The third-order valence-electron chi connectivity index (χ3n) is 3.74. The van der Waals surface area contributed by atoms with Crippen LogP contribution in [0.1, 0.15) is 21.6 Å². The standard InChI is InChI=1S/C19H21N5O/c1-23(2)12-16-13-24(14-22-16)18-6-4-3-5-17(18)19(25)21-11-15-7-9-20-10-8-15/h3-10,13-14H,11-12H2,1-2H3,(H,21,25). The van der Waals surface area contributed by atoms with Gasteiger partial charge in [-0.05, 0) is 43.9 Å². The molecule has 0 radical (unpaired) electrons. The summed E-state index contributed by atoms with van der Waals surface area (Å²) in [5.74, 6) is -0.115. The number of hydrogen-bond donors (Lipinski definition) is 1. The first kappa shape index (κ1) is 16.9. The summed E-state index contributed by atoms with van der Waals surface area (Å²) in [7, 11) is 4.00. The van der Waals surface area contributed by atoms with Crippen molar-refractivity contribution in [3.05, 3.63) is 78.1 Å². The lowest BCUT2D eigenvalue weighted by atomic mass is 10.1. The summed E-state index contributed by atoms with van der Waals surface area (Å²) in [6, 6.07) is 11.3. The summed E-state index contributed by atoms with van der Waals surface area (Å²) >= 11 is 0. The molecule has 3 rings (SSSR count). The number of nitrogens with zero attached hydrogens (tertiary/aromatic N) is 4. The molecule has 6 heteroatoms. The van der Waals surface area contributed by atoms with E-state index in [1.807, 2.05) is 61.3 Å². The number of para-hydroxylation sites is 1. The highest BCUT2D eigenvalue weighted by atomic mass is 16.1. The van der Waals surface area contributed by atoms with E-state index in [1.165, 1.54) is 0 Å². The predicted octanol–water partition coefficient (Wildman–Crippen LogP) is 2.26. The fourth-order valence-electron chi connectivity index (χ4n) is 2.57. The van der Waals surface area contributed by atoms with Crippen LogP contribution in [0.2, 0.25) is 0 Å². The average Bonchev–Trinajstić information content (AvgIpc) is 3.08. The first-order valence-corrected chi connectivity index (χ1v) is 8.07. The van der Waals surface area contributed by atoms with Crippen molar-refractivity contribution in [1.82, 2.24) is 24.8 Å². The van der Waals surface area contributed by atoms with Crippen LogP contribution in [0, 0.1) is 0 Å². The summed E-state index contributed by atoms with van der Waals surface area (Å²) < 4.78 is 1.89. The zero-order chi connectivity index (χ0) is 17.6. The maximum Gasteiger partial charge on any atom is 0.253 e. The van der Waals surface area contributed by atoms with Gasteiger partial charge in [0.1, 0.15) is 0 Å². The molecule has 0 fully saturated rings. The Labute approximate surface area is 147 Å². The lowest BCUT2D eigenvalue weighted by molar-refractivity contribution is 0.0951. The molecule has 0 unspecified atom stereocenters. The highest BCUT2D eigenvalue weighted by Gasteiger charge is 2.13. The maximum absolute atomic E-state index is 12.6. The molecule has 0 saturated heterocycles. The van der Waals surface area contributed by atoms with E-state index in [0.717, 1.165) is 23.5 Å². The van der Waals surface area contributed by atoms with Gasteiger partial charge < -0.3 is 14.8 Å². The number of benzene rings is 1. The molecule has 2 heterocycles. The molecule has 3 aromatic rings. The summed E-state index contributed by atoms with van der Waals surface area (Å²) in [6.45, 7) is 1.22. The summed E-state index contributed by atoms with van der Waals surface area (Å²) in [4.78, 5) is 23.1. The van der Waals surface area contributed by atoms with E-state index in [0.29, 0.717) is 12.1 Å². The Balaban J connectivity index is 1.78. The van der Waals surface area contributed by atoms with Crippen LogP contribution in [-0.2, 0) is 13.1 Å². The van der Waals surface area contributed by atoms with Crippen LogP contribution in [-0.4, -0.2) is 39.4 Å². The lowest BCUT2D eigenvalue weighted by Gasteiger charge is -2.11. The van der Waals surface area contributed by atoms with Crippen LogP contribution in [0.25, 0.3) is 5.69 Å². The molecular weight excluding hydrogens is 314 g/mol. The van der Waals surface area contributed by atoms with Crippen LogP contribution < -0.4 is 5.32 Å². The molecule has 0 bridgehead atoms. The molecule has 0 aliphatic carbocycles. The second-order valence-electron chi connectivity index (χ2n) is 6.07. The van der Waals surface area contributed by atoms with Gasteiger partial charge in [-0.2, -0.15) is 0 Å². The molecule has 25 heavy (non-hydrogen) atoms. The quantitative estimate of drug-likeness (QED) is 0.750. The third-order valence-corrected chi connectivity index (χ3v) is 3.74. The summed E-state index contributed by atoms with van der Waals surface area (Å²) in [6.07, 6.45) is 7.13. The zero-order valence-electron chi connectivity index (χ0n) is 14.4. The van der Waals surface area contributed by atoms with Crippen molar-refractivity contribution in [2.24, 2.45) is 0 Å². The van der Waals surface area contributed by atoms with Gasteiger partial charge in [0.15, 0.2) is 0 Å². The second-order valence-corrected chi connectivity index (χ2v) is 6.07. The van der Waals surface area contributed by atoms with Crippen molar-refractivity contribution in [2.75, 3.05) is 14.1 Å². The molecule has 0 aliphatic rings. The predicted molar refractivity (Wildman–Crippen MR) is 96.4 cm³/mol. The number of pyridine rings is 1. The van der Waals surface area contributed by atoms with Crippen molar-refractivity contribution in [2.45, 2.75) is 13.1 Å². The van der Waals surface area contributed by atoms with Gasteiger partial charge in [0.2, 0.25) is 0 Å². The summed E-state index contributed by atoms with van der Waals surface area (Å²) in [5, 5.41) is 2.96. The number of amides is 1. The Morgan fingerprint density at radius 1 is 1.16 bits per heavy atom. The Bertz CT molecular complexity index is 842. The first-order chi connectivity index (χ1) is 12.1. The van der Waals surface area contributed by atoms with Crippen molar-refractivity contribution >= 4 is 5.91 Å². The van der Waals surface area contributed by atoms with Gasteiger partial charge in [0.25, 0.3) is 5.91 Å². The van der Waals surface area contributed by atoms with Crippen molar-refractivity contribution in [1.29, 1.82) is 0 Å². The molecule has 128 valence electrons. The maximum atomic E-state index is 12.6. The molecule has 1 aromatic carbocycles. The molecule has 6 nitrogen and oxygen atoms in total. The minimum absolute atomic E-state index is 0.115. The second kappa shape index (κ2) is 7.72. The van der Waals surface area contributed by atoms with Gasteiger partial charge in [-0.15, -0.1) is 0 Å². The SMILES string of the molecule is CN(C)Cc1cn(-c2ccccc2C(=O)NCc2ccncc2)cn1. The molecule has 0 atom stereocenters. The van der Waals surface area contributed by atoms with E-state index in [1.54, 1.807) is 18.7 Å². The van der Waals surface area contributed by atoms with E-state index in [4.69, 9.17) is 0 Å². The van der Waals surface area contributed by atoms with Crippen LogP contribution in [0.5, 0.6) is 0 Å². The van der Waals surface area contributed by atoms with Crippen molar-refractivity contribution < 1.29 is 4.79 Å². The number of aromatic nitrogens is 3. The highest BCUT2D eigenvalue weighted by molar-refractivity contribution is 5.97. The Hall–Kier alpha value is -2.99. The lowest BCUT2D eigenvalue weighted by Crippen LogP contribution is -2.24. The summed E-state index contributed by atoms with van der Waals surface area (Å²) in [5.41, 5.74) is 3.39. The fourth-order valence-corrected chi connectivity index (χ4v) is 2.57. The van der Waals surface area contributed by atoms with Crippen molar-refractivity contribution in [3.8, 4) is 5.69 Å². The number of nitrogens with one attached hydrogen (secondary N) is 1. The van der Waals surface area contributed by atoms with Crippen LogP contribution in [0.4, 0.5) is 0 Å². The average molecular weight is 335 g/mol. The van der Waals surface area contributed by atoms with Gasteiger partial charge in [-0.3, -0.25) is 9.78 Å². The van der Waals surface area contributed by atoms with Gasteiger partial charge in [-0.25, -0.2) is 4.98 Å². The monoisotopic (exact) mass is 335 g/mol. The topological polar surface area (TPSA) is 63.1 Å². The third kappa shape index (κ3) is 4.30. The van der Waals surface area contributed by atoms with Gasteiger partial charge >= 0.3 is 0 Å². The van der Waals surface area contributed by atoms with E-state index < -0.39 is 0 Å². The Kier molecular flexibility index (Phi) is 5.20. The Morgan fingerprint density at radius 3 is 2.68 bits per heavy atom. The minimum atomic E-state index is -0.115. The van der Waals surface area contributed by atoms with E-state index in [-0.39, 0.29) is 5.91 Å². The molecule has 0 saturated carbocycles. The number of carbonyl (C=O) groups excluding carboxylic acids is 1. The number of carbonyl (C=O) groups is 1. The fraction of sp³-hybridized carbons (Fsp3) is 0.211. The number of hydrogen-bond acceptors (Lipinski definition) is 4. The number of imidazole rings is 1. The highest BCUT2D eigenvalue weighted by Crippen LogP contribution is 2.15. The van der Waals surface area contributed by atoms with E-state index in [2.05, 4.69) is 20.2 Å². The van der Waals surface area contributed by atoms with Crippen LogP contribution in [0.3, 0.4) is 0 Å². The molecule has 2 aromatic heterocycles. The first-order valence-electron chi connectivity index (χ1n) is 8.07. The van der Waals surface area contributed by atoms with E-state index in [9.17, 15) is 4.79 Å². The molecule has 0 spiro atoms. The normalized spacial score (nSPS) is 10.8. The zero-order valence-corrected chi connectivity index (χ0v) is 14.4. The van der Waals surface area contributed by atoms with Crippen molar-refractivity contribution in [3.63, 3.8) is 0 Å². The molecule has 0 aliphatic heterocycles. The minimum Gasteiger partial charge on any atom is -0.348 e. The van der Waals surface area contributed by atoms with Crippen LogP contribution >= 0.6 is 0 Å². The Morgan fingerprint density at radius 2 is 1.92 bits per heavy atom.